The number of anilines is 2. The third-order valence-electron chi connectivity index (χ3n) is 3.47. The summed E-state index contributed by atoms with van der Waals surface area (Å²) in [5.74, 6) is 0.610. The van der Waals surface area contributed by atoms with Gasteiger partial charge in [0.15, 0.2) is 0 Å². The Bertz CT molecular complexity index is 680. The highest BCUT2D eigenvalue weighted by atomic mass is 35.5. The van der Waals surface area contributed by atoms with Gasteiger partial charge in [0.05, 0.1) is 5.02 Å². The van der Waals surface area contributed by atoms with Crippen LogP contribution >= 0.6 is 11.6 Å². The van der Waals surface area contributed by atoms with Crippen molar-refractivity contribution >= 4 is 29.1 Å². The maximum absolute atomic E-state index is 11.9. The summed E-state index contributed by atoms with van der Waals surface area (Å²) in [6, 6.07) is 11.2. The molecule has 2 amide bonds. The Morgan fingerprint density at radius 2 is 1.83 bits per heavy atom. The molecule has 0 saturated carbocycles. The van der Waals surface area contributed by atoms with Crippen molar-refractivity contribution in [2.45, 2.75) is 26.2 Å². The van der Waals surface area contributed by atoms with E-state index >= 15 is 0 Å². The molecule has 0 aliphatic carbocycles. The van der Waals surface area contributed by atoms with Crippen molar-refractivity contribution in [1.29, 1.82) is 0 Å². The van der Waals surface area contributed by atoms with E-state index in [2.05, 4.69) is 41.7 Å². The standard InChI is InChI=1S/C18H23ClN4O/c1-18(2,3)13-6-8-14(9-7-13)23-17(24)22-12-11-21-16-15(19)5-4-10-20-16/h4-10H,11-12H2,1-3H3,(H,20,21)(H2,22,23,24). The molecule has 6 heteroatoms. The van der Waals surface area contributed by atoms with E-state index in [4.69, 9.17) is 11.6 Å². The maximum Gasteiger partial charge on any atom is 0.319 e. The monoisotopic (exact) mass is 346 g/mol. The first-order chi connectivity index (χ1) is 11.4. The number of hydrogen-bond acceptors (Lipinski definition) is 3. The number of urea groups is 1. The van der Waals surface area contributed by atoms with Crippen molar-refractivity contribution in [3.8, 4) is 0 Å². The second-order valence-corrected chi connectivity index (χ2v) is 6.88. The summed E-state index contributed by atoms with van der Waals surface area (Å²) >= 11 is 5.99. The lowest BCUT2D eigenvalue weighted by molar-refractivity contribution is 0.252. The molecular weight excluding hydrogens is 324 g/mol. The molecule has 1 aromatic carbocycles. The predicted octanol–water partition coefficient (Wildman–Crippen LogP) is 4.27. The fourth-order valence-electron chi connectivity index (χ4n) is 2.10. The van der Waals surface area contributed by atoms with Crippen LogP contribution in [0.1, 0.15) is 26.3 Å². The average molecular weight is 347 g/mol. The number of pyridine rings is 1. The van der Waals surface area contributed by atoms with Gasteiger partial charge in [0, 0.05) is 25.0 Å². The molecule has 0 atom stereocenters. The molecule has 24 heavy (non-hydrogen) atoms. The zero-order valence-electron chi connectivity index (χ0n) is 14.2. The third-order valence-corrected chi connectivity index (χ3v) is 3.78. The number of amides is 2. The molecule has 0 spiro atoms. The van der Waals surface area contributed by atoms with Crippen LogP contribution in [-0.2, 0) is 5.41 Å². The molecular formula is C18H23ClN4O. The van der Waals surface area contributed by atoms with Crippen molar-refractivity contribution in [1.82, 2.24) is 10.3 Å². The predicted molar refractivity (Wildman–Crippen MR) is 99.9 cm³/mol. The van der Waals surface area contributed by atoms with Crippen LogP contribution in [0.15, 0.2) is 42.6 Å². The highest BCUT2D eigenvalue weighted by Gasteiger charge is 2.13. The van der Waals surface area contributed by atoms with Crippen molar-refractivity contribution in [3.63, 3.8) is 0 Å². The fraction of sp³-hybridized carbons (Fsp3) is 0.333. The quantitative estimate of drug-likeness (QED) is 0.708. The van der Waals surface area contributed by atoms with E-state index in [9.17, 15) is 4.79 Å². The maximum atomic E-state index is 11.9. The first kappa shape index (κ1) is 18.1. The fourth-order valence-corrected chi connectivity index (χ4v) is 2.29. The lowest BCUT2D eigenvalue weighted by Gasteiger charge is -2.19. The molecule has 0 fully saturated rings. The van der Waals surface area contributed by atoms with E-state index in [1.807, 2.05) is 24.3 Å². The van der Waals surface area contributed by atoms with Gasteiger partial charge in [-0.05, 0) is 35.2 Å². The third kappa shape index (κ3) is 5.42. The smallest absolute Gasteiger partial charge is 0.319 e. The molecule has 2 aromatic rings. The van der Waals surface area contributed by atoms with Gasteiger partial charge in [0.2, 0.25) is 0 Å². The molecule has 1 heterocycles. The van der Waals surface area contributed by atoms with Gasteiger partial charge in [-0.1, -0.05) is 44.5 Å². The minimum absolute atomic E-state index is 0.0964. The number of nitrogens with one attached hydrogen (secondary N) is 3. The van der Waals surface area contributed by atoms with Crippen LogP contribution in [0, 0.1) is 0 Å². The zero-order chi connectivity index (χ0) is 17.6. The number of aromatic nitrogens is 1. The van der Waals surface area contributed by atoms with Gasteiger partial charge in [-0.2, -0.15) is 0 Å². The topological polar surface area (TPSA) is 66.1 Å². The molecule has 0 aliphatic heterocycles. The van der Waals surface area contributed by atoms with Gasteiger partial charge in [-0.15, -0.1) is 0 Å². The summed E-state index contributed by atoms with van der Waals surface area (Å²) in [6.45, 7) is 7.46. The molecule has 0 bridgehead atoms. The number of nitrogens with zero attached hydrogens (tertiary/aromatic N) is 1. The normalized spacial score (nSPS) is 11.0. The Hall–Kier alpha value is -2.27. The molecule has 3 N–H and O–H groups in total. The van der Waals surface area contributed by atoms with E-state index in [0.29, 0.717) is 23.9 Å². The highest BCUT2D eigenvalue weighted by molar-refractivity contribution is 6.32. The number of benzene rings is 1. The molecule has 1 aromatic heterocycles. The Morgan fingerprint density at radius 1 is 1.12 bits per heavy atom. The van der Waals surface area contributed by atoms with Crippen LogP contribution in [0.5, 0.6) is 0 Å². The van der Waals surface area contributed by atoms with Gasteiger partial charge in [0.25, 0.3) is 0 Å². The van der Waals surface area contributed by atoms with Crippen molar-refractivity contribution in [2.24, 2.45) is 0 Å². The van der Waals surface area contributed by atoms with Gasteiger partial charge in [-0.3, -0.25) is 0 Å². The van der Waals surface area contributed by atoms with Gasteiger partial charge in [-0.25, -0.2) is 9.78 Å². The van der Waals surface area contributed by atoms with Crippen LogP contribution in [0.3, 0.4) is 0 Å². The molecule has 2 rings (SSSR count). The van der Waals surface area contributed by atoms with E-state index in [1.165, 1.54) is 5.56 Å². The molecule has 128 valence electrons. The Morgan fingerprint density at radius 3 is 2.46 bits per heavy atom. The van der Waals surface area contributed by atoms with Gasteiger partial charge in [0.1, 0.15) is 5.82 Å². The number of rotatable bonds is 5. The Labute approximate surface area is 147 Å². The lowest BCUT2D eigenvalue weighted by Crippen LogP contribution is -2.32. The first-order valence-electron chi connectivity index (χ1n) is 7.86. The van der Waals surface area contributed by atoms with Crippen LogP contribution in [0.25, 0.3) is 0 Å². The molecule has 0 unspecified atom stereocenters. The van der Waals surface area contributed by atoms with Gasteiger partial charge < -0.3 is 16.0 Å². The zero-order valence-corrected chi connectivity index (χ0v) is 14.9. The van der Waals surface area contributed by atoms with Gasteiger partial charge >= 0.3 is 6.03 Å². The SMILES string of the molecule is CC(C)(C)c1ccc(NC(=O)NCCNc2ncccc2Cl)cc1. The van der Waals surface area contributed by atoms with E-state index in [-0.39, 0.29) is 11.4 Å². The minimum atomic E-state index is -0.243. The lowest BCUT2D eigenvalue weighted by atomic mass is 9.87. The summed E-state index contributed by atoms with van der Waals surface area (Å²) in [5, 5.41) is 9.22. The van der Waals surface area contributed by atoms with Crippen LogP contribution < -0.4 is 16.0 Å². The van der Waals surface area contributed by atoms with Crippen molar-refractivity contribution in [2.75, 3.05) is 23.7 Å². The Kier molecular flexibility index (Phi) is 6.04. The number of carbonyl (C=O) groups excluding carboxylic acids is 1. The summed E-state index contributed by atoms with van der Waals surface area (Å²) in [4.78, 5) is 16.0. The van der Waals surface area contributed by atoms with E-state index in [0.717, 1.165) is 5.69 Å². The largest absolute Gasteiger partial charge is 0.367 e. The van der Waals surface area contributed by atoms with Crippen molar-refractivity contribution in [3.05, 3.63) is 53.2 Å². The van der Waals surface area contributed by atoms with E-state index < -0.39 is 0 Å². The number of carbonyl (C=O) groups is 1. The molecule has 0 radical (unpaired) electrons. The number of halogens is 1. The second kappa shape index (κ2) is 8.02. The average Bonchev–Trinajstić information content (AvgIpc) is 2.53. The van der Waals surface area contributed by atoms with Crippen LogP contribution in [0.4, 0.5) is 16.3 Å². The Balaban J connectivity index is 1.74. The second-order valence-electron chi connectivity index (χ2n) is 6.47. The first-order valence-corrected chi connectivity index (χ1v) is 8.24. The molecule has 5 nitrogen and oxygen atoms in total. The number of hydrogen-bond donors (Lipinski definition) is 3. The molecule has 0 saturated heterocycles. The van der Waals surface area contributed by atoms with Crippen LogP contribution in [0.2, 0.25) is 5.02 Å². The summed E-state index contributed by atoms with van der Waals surface area (Å²) in [5.41, 5.74) is 2.09. The highest BCUT2D eigenvalue weighted by Crippen LogP contribution is 2.23. The summed E-state index contributed by atoms with van der Waals surface area (Å²) in [6.07, 6.45) is 1.66. The van der Waals surface area contributed by atoms with Crippen molar-refractivity contribution < 1.29 is 4.79 Å². The minimum Gasteiger partial charge on any atom is -0.367 e. The van der Waals surface area contributed by atoms with E-state index in [1.54, 1.807) is 18.3 Å². The summed E-state index contributed by atoms with van der Waals surface area (Å²) in [7, 11) is 0. The van der Waals surface area contributed by atoms with Crippen LogP contribution in [-0.4, -0.2) is 24.1 Å². The molecule has 0 aliphatic rings. The summed E-state index contributed by atoms with van der Waals surface area (Å²) < 4.78 is 0.